The Kier molecular flexibility index (Phi) is 6.30. The van der Waals surface area contributed by atoms with Crippen LogP contribution in [0.5, 0.6) is 0 Å². The number of nitrogens with one attached hydrogen (secondary N) is 2. The second kappa shape index (κ2) is 8.43. The molecule has 0 atom stereocenters. The minimum Gasteiger partial charge on any atom is -0.462 e. The molecular formula is C18H17BrN2O4. The monoisotopic (exact) mass is 404 g/mol. The van der Waals surface area contributed by atoms with Crippen molar-refractivity contribution in [1.29, 1.82) is 0 Å². The van der Waals surface area contributed by atoms with Crippen molar-refractivity contribution in [1.82, 2.24) is 0 Å². The third kappa shape index (κ3) is 4.90. The maximum Gasteiger partial charge on any atom is 0.340 e. The minimum atomic E-state index is -0.877. The number of benzene rings is 2. The predicted molar refractivity (Wildman–Crippen MR) is 98.5 cm³/mol. The summed E-state index contributed by atoms with van der Waals surface area (Å²) in [5.74, 6) is -2.28. The van der Waals surface area contributed by atoms with E-state index in [2.05, 4.69) is 26.6 Å². The molecule has 0 radical (unpaired) electrons. The van der Waals surface area contributed by atoms with Gasteiger partial charge in [-0.25, -0.2) is 4.79 Å². The fraction of sp³-hybridized carbons (Fsp3) is 0.167. The van der Waals surface area contributed by atoms with Crippen LogP contribution in [0.2, 0.25) is 0 Å². The minimum absolute atomic E-state index is 0.185. The number of anilines is 2. The Balaban J connectivity index is 2.10. The van der Waals surface area contributed by atoms with Crippen molar-refractivity contribution < 1.29 is 19.1 Å². The van der Waals surface area contributed by atoms with Crippen molar-refractivity contribution in [2.24, 2.45) is 0 Å². The molecule has 25 heavy (non-hydrogen) atoms. The molecule has 2 aromatic carbocycles. The van der Waals surface area contributed by atoms with Crippen LogP contribution in [0.25, 0.3) is 0 Å². The van der Waals surface area contributed by atoms with E-state index in [-0.39, 0.29) is 17.9 Å². The first-order valence-electron chi connectivity index (χ1n) is 7.57. The van der Waals surface area contributed by atoms with Crippen molar-refractivity contribution in [3.63, 3.8) is 0 Å². The lowest BCUT2D eigenvalue weighted by molar-refractivity contribution is -0.133. The van der Waals surface area contributed by atoms with E-state index in [9.17, 15) is 14.4 Å². The lowest BCUT2D eigenvalue weighted by atomic mass is 10.1. The highest BCUT2D eigenvalue weighted by molar-refractivity contribution is 9.10. The van der Waals surface area contributed by atoms with Gasteiger partial charge in [0.15, 0.2) is 0 Å². The zero-order valence-corrected chi connectivity index (χ0v) is 15.3. The number of halogens is 1. The Hall–Kier alpha value is -2.67. The molecule has 0 saturated carbocycles. The van der Waals surface area contributed by atoms with Gasteiger partial charge < -0.3 is 15.4 Å². The Bertz CT molecular complexity index is 820. The summed E-state index contributed by atoms with van der Waals surface area (Å²) in [7, 11) is 0. The summed E-state index contributed by atoms with van der Waals surface area (Å²) < 4.78 is 5.84. The van der Waals surface area contributed by atoms with Crippen LogP contribution < -0.4 is 10.6 Å². The van der Waals surface area contributed by atoms with E-state index >= 15 is 0 Å². The van der Waals surface area contributed by atoms with Gasteiger partial charge in [-0.2, -0.15) is 0 Å². The average molecular weight is 405 g/mol. The van der Waals surface area contributed by atoms with E-state index in [1.54, 1.807) is 37.3 Å². The van der Waals surface area contributed by atoms with Crippen LogP contribution in [-0.4, -0.2) is 24.4 Å². The van der Waals surface area contributed by atoms with E-state index in [0.29, 0.717) is 5.69 Å². The molecular weight excluding hydrogens is 388 g/mol. The topological polar surface area (TPSA) is 84.5 Å². The molecule has 0 saturated heterocycles. The van der Waals surface area contributed by atoms with Crippen LogP contribution in [0.15, 0.2) is 46.9 Å². The molecule has 0 bridgehead atoms. The Morgan fingerprint density at radius 3 is 2.40 bits per heavy atom. The molecule has 7 heteroatoms. The van der Waals surface area contributed by atoms with Crippen molar-refractivity contribution in [3.8, 4) is 0 Å². The number of carbonyl (C=O) groups is 3. The average Bonchev–Trinajstić information content (AvgIpc) is 2.58. The van der Waals surface area contributed by atoms with Gasteiger partial charge in [0.25, 0.3) is 0 Å². The molecule has 2 aromatic rings. The standard InChI is InChI=1S/C18H17BrN2O4/c1-3-25-18(24)13-6-4-5-7-15(13)21-17(23)16(22)20-12-8-9-14(19)11(2)10-12/h4-10H,3H2,1-2H3,(H,20,22)(H,21,23). The molecule has 130 valence electrons. The number of hydrogen-bond acceptors (Lipinski definition) is 4. The number of carbonyl (C=O) groups excluding carboxylic acids is 3. The van der Waals surface area contributed by atoms with Crippen LogP contribution in [0.1, 0.15) is 22.8 Å². The zero-order valence-electron chi connectivity index (χ0n) is 13.8. The molecule has 0 fully saturated rings. The number of rotatable bonds is 4. The first kappa shape index (κ1) is 18.7. The van der Waals surface area contributed by atoms with Gasteiger partial charge >= 0.3 is 17.8 Å². The van der Waals surface area contributed by atoms with Gasteiger partial charge in [0.1, 0.15) is 0 Å². The smallest absolute Gasteiger partial charge is 0.340 e. The Labute approximate surface area is 153 Å². The highest BCUT2D eigenvalue weighted by Gasteiger charge is 2.18. The van der Waals surface area contributed by atoms with Crippen molar-refractivity contribution in [2.75, 3.05) is 17.2 Å². The fourth-order valence-corrected chi connectivity index (χ4v) is 2.31. The molecule has 6 nitrogen and oxygen atoms in total. The van der Waals surface area contributed by atoms with Crippen LogP contribution in [0.4, 0.5) is 11.4 Å². The first-order valence-corrected chi connectivity index (χ1v) is 8.36. The molecule has 0 aliphatic rings. The molecule has 0 aromatic heterocycles. The van der Waals surface area contributed by atoms with Gasteiger partial charge in [0.2, 0.25) is 0 Å². The van der Waals surface area contributed by atoms with Crippen LogP contribution in [-0.2, 0) is 14.3 Å². The van der Waals surface area contributed by atoms with E-state index in [1.807, 2.05) is 6.92 Å². The number of hydrogen-bond donors (Lipinski definition) is 2. The predicted octanol–water partition coefficient (Wildman–Crippen LogP) is 3.51. The summed E-state index contributed by atoms with van der Waals surface area (Å²) in [5, 5.41) is 4.95. The second-order valence-electron chi connectivity index (χ2n) is 5.14. The summed E-state index contributed by atoms with van der Waals surface area (Å²) in [6, 6.07) is 11.5. The van der Waals surface area contributed by atoms with Crippen LogP contribution in [0.3, 0.4) is 0 Å². The van der Waals surface area contributed by atoms with Gasteiger partial charge in [-0.3, -0.25) is 9.59 Å². The number of ether oxygens (including phenoxy) is 1. The summed E-state index contributed by atoms with van der Waals surface area (Å²) in [4.78, 5) is 36.1. The lowest BCUT2D eigenvalue weighted by Gasteiger charge is -2.11. The SMILES string of the molecule is CCOC(=O)c1ccccc1NC(=O)C(=O)Nc1ccc(Br)c(C)c1. The van der Waals surface area contributed by atoms with Gasteiger partial charge in [-0.05, 0) is 49.7 Å². The van der Waals surface area contributed by atoms with Crippen molar-refractivity contribution >= 4 is 45.1 Å². The molecule has 0 heterocycles. The highest BCUT2D eigenvalue weighted by atomic mass is 79.9. The largest absolute Gasteiger partial charge is 0.462 e. The molecule has 2 rings (SSSR count). The number of esters is 1. The quantitative estimate of drug-likeness (QED) is 0.602. The molecule has 2 amide bonds. The third-order valence-corrected chi connectivity index (χ3v) is 4.18. The fourth-order valence-electron chi connectivity index (χ4n) is 2.07. The summed E-state index contributed by atoms with van der Waals surface area (Å²) >= 11 is 3.37. The van der Waals surface area contributed by atoms with Gasteiger partial charge in [-0.1, -0.05) is 28.1 Å². The Morgan fingerprint density at radius 2 is 1.72 bits per heavy atom. The summed E-state index contributed by atoms with van der Waals surface area (Å²) in [5.41, 5.74) is 1.82. The molecule has 0 aliphatic carbocycles. The van der Waals surface area contributed by atoms with E-state index in [0.717, 1.165) is 10.0 Å². The summed E-state index contributed by atoms with van der Waals surface area (Å²) in [6.45, 7) is 3.77. The second-order valence-corrected chi connectivity index (χ2v) is 5.99. The zero-order chi connectivity index (χ0) is 18.4. The highest BCUT2D eigenvalue weighted by Crippen LogP contribution is 2.20. The molecule has 0 spiro atoms. The Morgan fingerprint density at radius 1 is 1.04 bits per heavy atom. The maximum absolute atomic E-state index is 12.1. The summed E-state index contributed by atoms with van der Waals surface area (Å²) in [6.07, 6.45) is 0. The van der Waals surface area contributed by atoms with Gasteiger partial charge in [0, 0.05) is 10.2 Å². The van der Waals surface area contributed by atoms with Crippen LogP contribution >= 0.6 is 15.9 Å². The molecule has 0 unspecified atom stereocenters. The lowest BCUT2D eigenvalue weighted by Crippen LogP contribution is -2.29. The first-order chi connectivity index (χ1) is 11.9. The van der Waals surface area contributed by atoms with Crippen LogP contribution in [0, 0.1) is 6.92 Å². The normalized spacial score (nSPS) is 10.0. The molecule has 0 aliphatic heterocycles. The van der Waals surface area contributed by atoms with Gasteiger partial charge in [0.05, 0.1) is 17.9 Å². The van der Waals surface area contributed by atoms with Gasteiger partial charge in [-0.15, -0.1) is 0 Å². The maximum atomic E-state index is 12.1. The third-order valence-electron chi connectivity index (χ3n) is 3.29. The number of aryl methyl sites for hydroxylation is 1. The number of amides is 2. The molecule has 2 N–H and O–H groups in total. The van der Waals surface area contributed by atoms with E-state index in [4.69, 9.17) is 4.74 Å². The van der Waals surface area contributed by atoms with E-state index < -0.39 is 17.8 Å². The van der Waals surface area contributed by atoms with E-state index in [1.165, 1.54) is 12.1 Å². The number of para-hydroxylation sites is 1. The van der Waals surface area contributed by atoms with Crippen molar-refractivity contribution in [3.05, 3.63) is 58.1 Å². The van der Waals surface area contributed by atoms with Crippen molar-refractivity contribution in [2.45, 2.75) is 13.8 Å².